The SMILES string of the molecule is C=CCN1C[C@@H]2CON(Cc3ccccc3)[C@@H]2[C@H]1[C@@H](O)c1ccccc1. The van der Waals surface area contributed by atoms with E-state index in [9.17, 15) is 5.11 Å². The highest BCUT2D eigenvalue weighted by molar-refractivity contribution is 5.22. The molecule has 0 unspecified atom stereocenters. The smallest absolute Gasteiger partial charge is 0.0961 e. The second-order valence-electron chi connectivity index (χ2n) is 7.20. The maximum absolute atomic E-state index is 11.2. The van der Waals surface area contributed by atoms with Gasteiger partial charge in [-0.2, -0.15) is 5.06 Å². The number of aliphatic hydroxyl groups is 1. The van der Waals surface area contributed by atoms with Crippen LogP contribution in [0.3, 0.4) is 0 Å². The van der Waals surface area contributed by atoms with Gasteiger partial charge in [0.1, 0.15) is 0 Å². The van der Waals surface area contributed by atoms with Gasteiger partial charge in [0.05, 0.1) is 24.8 Å². The molecule has 0 bridgehead atoms. The molecule has 26 heavy (non-hydrogen) atoms. The van der Waals surface area contributed by atoms with Crippen molar-refractivity contribution < 1.29 is 9.94 Å². The van der Waals surface area contributed by atoms with Gasteiger partial charge < -0.3 is 5.11 Å². The van der Waals surface area contributed by atoms with Crippen LogP contribution in [-0.4, -0.2) is 46.8 Å². The standard InChI is InChI=1S/C22H26N2O2/c1-2-13-23-15-19-16-26-24(14-17-9-5-3-6-10-17)20(19)21(23)22(25)18-11-7-4-8-12-18/h2-12,19-22,25H,1,13-16H2/t19-,20+,21+,22+/m1/s1. The number of aliphatic hydroxyl groups excluding tert-OH is 1. The molecule has 4 nitrogen and oxygen atoms in total. The van der Waals surface area contributed by atoms with E-state index in [1.807, 2.05) is 42.5 Å². The predicted octanol–water partition coefficient (Wildman–Crippen LogP) is 3.02. The van der Waals surface area contributed by atoms with Crippen LogP contribution >= 0.6 is 0 Å². The summed E-state index contributed by atoms with van der Waals surface area (Å²) >= 11 is 0. The van der Waals surface area contributed by atoms with Crippen molar-refractivity contribution in [2.45, 2.75) is 24.7 Å². The number of fused-ring (bicyclic) bond motifs is 1. The first-order chi connectivity index (χ1) is 12.8. The third-order valence-corrected chi connectivity index (χ3v) is 5.52. The maximum atomic E-state index is 11.2. The van der Waals surface area contributed by atoms with E-state index in [1.54, 1.807) is 0 Å². The summed E-state index contributed by atoms with van der Waals surface area (Å²) in [5.41, 5.74) is 2.18. The number of benzene rings is 2. The highest BCUT2D eigenvalue weighted by Crippen LogP contribution is 2.40. The van der Waals surface area contributed by atoms with Gasteiger partial charge in [-0.1, -0.05) is 66.7 Å². The van der Waals surface area contributed by atoms with Crippen molar-refractivity contribution in [3.8, 4) is 0 Å². The van der Waals surface area contributed by atoms with Crippen LogP contribution < -0.4 is 0 Å². The van der Waals surface area contributed by atoms with Crippen molar-refractivity contribution in [2.24, 2.45) is 5.92 Å². The molecule has 2 fully saturated rings. The largest absolute Gasteiger partial charge is 0.387 e. The summed E-state index contributed by atoms with van der Waals surface area (Å²) in [5.74, 6) is 0.405. The first-order valence-corrected chi connectivity index (χ1v) is 9.29. The summed E-state index contributed by atoms with van der Waals surface area (Å²) < 4.78 is 0. The van der Waals surface area contributed by atoms with E-state index in [1.165, 1.54) is 5.56 Å². The Kier molecular flexibility index (Phi) is 5.18. The Morgan fingerprint density at radius 2 is 1.81 bits per heavy atom. The number of likely N-dealkylation sites (tertiary alicyclic amines) is 1. The molecule has 0 spiro atoms. The monoisotopic (exact) mass is 350 g/mol. The summed E-state index contributed by atoms with van der Waals surface area (Å²) in [6.07, 6.45) is 1.37. The average Bonchev–Trinajstić information content (AvgIpc) is 3.23. The fourth-order valence-electron chi connectivity index (χ4n) is 4.37. The van der Waals surface area contributed by atoms with Crippen molar-refractivity contribution in [3.05, 3.63) is 84.4 Å². The van der Waals surface area contributed by atoms with Gasteiger partial charge in [-0.15, -0.1) is 6.58 Å². The number of hydrogen-bond acceptors (Lipinski definition) is 4. The van der Waals surface area contributed by atoms with Gasteiger partial charge in [0.25, 0.3) is 0 Å². The normalized spacial score (nSPS) is 27.3. The molecule has 0 aliphatic carbocycles. The molecule has 4 rings (SSSR count). The molecule has 4 atom stereocenters. The van der Waals surface area contributed by atoms with Crippen LogP contribution in [0.15, 0.2) is 73.3 Å². The molecule has 136 valence electrons. The van der Waals surface area contributed by atoms with E-state index in [2.05, 4.69) is 40.8 Å². The lowest BCUT2D eigenvalue weighted by atomic mass is 9.92. The molecule has 4 heteroatoms. The summed E-state index contributed by atoms with van der Waals surface area (Å²) in [7, 11) is 0. The molecule has 1 N–H and O–H groups in total. The zero-order valence-electron chi connectivity index (χ0n) is 14.9. The highest BCUT2D eigenvalue weighted by atomic mass is 16.7. The number of nitrogens with zero attached hydrogens (tertiary/aromatic N) is 2. The minimum absolute atomic E-state index is 0.00777. The van der Waals surface area contributed by atoms with Gasteiger partial charge in [-0.05, 0) is 11.1 Å². The highest BCUT2D eigenvalue weighted by Gasteiger charge is 2.51. The zero-order valence-corrected chi connectivity index (χ0v) is 14.9. The quantitative estimate of drug-likeness (QED) is 0.813. The van der Waals surface area contributed by atoms with E-state index in [0.717, 1.165) is 25.2 Å². The van der Waals surface area contributed by atoms with Crippen LogP contribution in [0.1, 0.15) is 17.2 Å². The summed E-state index contributed by atoms with van der Waals surface area (Å²) in [6.45, 7) is 7.06. The number of rotatable bonds is 6. The Hall–Kier alpha value is -1.98. The lowest BCUT2D eigenvalue weighted by Gasteiger charge is -2.35. The van der Waals surface area contributed by atoms with Gasteiger partial charge in [0, 0.05) is 25.6 Å². The summed E-state index contributed by atoms with van der Waals surface area (Å²) in [4.78, 5) is 8.38. The zero-order chi connectivity index (χ0) is 17.9. The summed E-state index contributed by atoms with van der Waals surface area (Å²) in [6, 6.07) is 20.5. The molecule has 2 aliphatic rings. The predicted molar refractivity (Wildman–Crippen MR) is 102 cm³/mol. The first-order valence-electron chi connectivity index (χ1n) is 9.29. The Morgan fingerprint density at radius 1 is 1.12 bits per heavy atom. The van der Waals surface area contributed by atoms with Crippen LogP contribution in [-0.2, 0) is 11.4 Å². The molecular formula is C22H26N2O2. The molecular weight excluding hydrogens is 324 g/mol. The maximum Gasteiger partial charge on any atom is 0.0961 e. The Labute approximate surface area is 155 Å². The molecule has 0 aromatic heterocycles. The Morgan fingerprint density at radius 3 is 2.50 bits per heavy atom. The van der Waals surface area contributed by atoms with Gasteiger partial charge in [0.2, 0.25) is 0 Å². The van der Waals surface area contributed by atoms with Crippen LogP contribution in [0, 0.1) is 5.92 Å². The fraction of sp³-hybridized carbons (Fsp3) is 0.364. The number of hydrogen-bond donors (Lipinski definition) is 1. The molecule has 0 saturated carbocycles. The fourth-order valence-corrected chi connectivity index (χ4v) is 4.37. The molecule has 2 aromatic carbocycles. The first kappa shape index (κ1) is 17.4. The molecule has 2 saturated heterocycles. The lowest BCUT2D eigenvalue weighted by Crippen LogP contribution is -2.46. The Balaban J connectivity index is 1.60. The third kappa shape index (κ3) is 3.33. The summed E-state index contributed by atoms with van der Waals surface area (Å²) in [5, 5.41) is 13.3. The van der Waals surface area contributed by atoms with Crippen LogP contribution in [0.4, 0.5) is 0 Å². The van der Waals surface area contributed by atoms with E-state index >= 15 is 0 Å². The van der Waals surface area contributed by atoms with Crippen LogP contribution in [0.2, 0.25) is 0 Å². The topological polar surface area (TPSA) is 35.9 Å². The van der Waals surface area contributed by atoms with Crippen LogP contribution in [0.25, 0.3) is 0 Å². The lowest BCUT2D eigenvalue weighted by molar-refractivity contribution is -0.158. The van der Waals surface area contributed by atoms with Gasteiger partial charge in [-0.3, -0.25) is 9.74 Å². The number of hydroxylamine groups is 2. The van der Waals surface area contributed by atoms with Crippen molar-refractivity contribution in [3.63, 3.8) is 0 Å². The van der Waals surface area contributed by atoms with E-state index < -0.39 is 6.10 Å². The molecule has 2 aromatic rings. The molecule has 0 radical (unpaired) electrons. The van der Waals surface area contributed by atoms with E-state index in [0.29, 0.717) is 12.5 Å². The Bertz CT molecular complexity index is 721. The third-order valence-electron chi connectivity index (χ3n) is 5.52. The minimum Gasteiger partial charge on any atom is -0.387 e. The molecule has 0 amide bonds. The van der Waals surface area contributed by atoms with Crippen molar-refractivity contribution in [1.29, 1.82) is 0 Å². The van der Waals surface area contributed by atoms with E-state index in [-0.39, 0.29) is 12.1 Å². The van der Waals surface area contributed by atoms with Gasteiger partial charge >= 0.3 is 0 Å². The molecule has 2 heterocycles. The van der Waals surface area contributed by atoms with Gasteiger partial charge in [0.15, 0.2) is 0 Å². The van der Waals surface area contributed by atoms with Gasteiger partial charge in [-0.25, -0.2) is 0 Å². The van der Waals surface area contributed by atoms with E-state index in [4.69, 9.17) is 4.84 Å². The van der Waals surface area contributed by atoms with Crippen molar-refractivity contribution >= 4 is 0 Å². The molecule has 2 aliphatic heterocycles. The minimum atomic E-state index is -0.550. The van der Waals surface area contributed by atoms with Crippen molar-refractivity contribution in [1.82, 2.24) is 9.96 Å². The van der Waals surface area contributed by atoms with Crippen LogP contribution in [0.5, 0.6) is 0 Å². The average molecular weight is 350 g/mol. The second kappa shape index (κ2) is 7.72. The second-order valence-corrected chi connectivity index (χ2v) is 7.20. The van der Waals surface area contributed by atoms with Crippen molar-refractivity contribution in [2.75, 3.05) is 19.7 Å².